The van der Waals surface area contributed by atoms with Gasteiger partial charge >= 0.3 is 0 Å². The van der Waals surface area contributed by atoms with Gasteiger partial charge in [-0.15, -0.1) is 0 Å². The van der Waals surface area contributed by atoms with Gasteiger partial charge in [0.2, 0.25) is 0 Å². The zero-order valence-electron chi connectivity index (χ0n) is 12.7. The predicted octanol–water partition coefficient (Wildman–Crippen LogP) is 2.97. The third-order valence-corrected chi connectivity index (χ3v) is 3.45. The molecular formula is C15H25N3O2. The number of benzene rings is 1. The minimum atomic E-state index is -0.298. The average Bonchev–Trinajstić information content (AvgIpc) is 2.42. The van der Waals surface area contributed by atoms with Crippen LogP contribution >= 0.6 is 0 Å². The number of hydrogen-bond acceptors (Lipinski definition) is 4. The molecule has 0 aliphatic carbocycles. The standard InChI is InChI=1S/C15H25N3O2/c1-11-6-7-13(20-4)12(10-11)17-9-5-8-15(2,3)14(16)18-19/h6-7,10,17,19H,5,8-9H2,1-4H3,(H2,16,18). The molecule has 0 saturated carbocycles. The maximum Gasteiger partial charge on any atom is 0.144 e. The summed E-state index contributed by atoms with van der Waals surface area (Å²) in [5.74, 6) is 1.11. The van der Waals surface area contributed by atoms with Crippen molar-refractivity contribution in [1.82, 2.24) is 0 Å². The van der Waals surface area contributed by atoms with E-state index in [2.05, 4.69) is 16.5 Å². The van der Waals surface area contributed by atoms with Crippen LogP contribution in [0, 0.1) is 12.3 Å². The highest BCUT2D eigenvalue weighted by atomic mass is 16.5. The summed E-state index contributed by atoms with van der Waals surface area (Å²) in [5.41, 5.74) is 7.55. The van der Waals surface area contributed by atoms with Crippen LogP contribution in [0.25, 0.3) is 0 Å². The summed E-state index contributed by atoms with van der Waals surface area (Å²) < 4.78 is 5.32. The minimum absolute atomic E-state index is 0.269. The molecule has 0 unspecified atom stereocenters. The third-order valence-electron chi connectivity index (χ3n) is 3.45. The third kappa shape index (κ3) is 4.33. The molecule has 0 bridgehead atoms. The van der Waals surface area contributed by atoms with E-state index in [0.717, 1.165) is 30.8 Å². The summed E-state index contributed by atoms with van der Waals surface area (Å²) in [6.45, 7) is 6.79. The van der Waals surface area contributed by atoms with E-state index in [1.54, 1.807) is 7.11 Å². The van der Waals surface area contributed by atoms with Gasteiger partial charge in [0.25, 0.3) is 0 Å². The van der Waals surface area contributed by atoms with E-state index in [-0.39, 0.29) is 11.3 Å². The summed E-state index contributed by atoms with van der Waals surface area (Å²) in [7, 11) is 1.66. The number of anilines is 1. The number of oxime groups is 1. The van der Waals surface area contributed by atoms with Crippen molar-refractivity contribution < 1.29 is 9.94 Å². The zero-order valence-corrected chi connectivity index (χ0v) is 12.7. The van der Waals surface area contributed by atoms with Gasteiger partial charge in [0, 0.05) is 12.0 Å². The Hall–Kier alpha value is -1.91. The zero-order chi connectivity index (χ0) is 15.2. The van der Waals surface area contributed by atoms with Gasteiger partial charge in [0.15, 0.2) is 0 Å². The van der Waals surface area contributed by atoms with Gasteiger partial charge in [-0.3, -0.25) is 0 Å². The van der Waals surface area contributed by atoms with Gasteiger partial charge in [-0.25, -0.2) is 0 Å². The monoisotopic (exact) mass is 279 g/mol. The van der Waals surface area contributed by atoms with E-state index in [9.17, 15) is 0 Å². The van der Waals surface area contributed by atoms with Crippen LogP contribution in [0.2, 0.25) is 0 Å². The van der Waals surface area contributed by atoms with Gasteiger partial charge in [-0.05, 0) is 37.5 Å². The van der Waals surface area contributed by atoms with Crippen LogP contribution in [-0.2, 0) is 0 Å². The summed E-state index contributed by atoms with van der Waals surface area (Å²) in [5, 5.41) is 15.2. The molecule has 0 atom stereocenters. The van der Waals surface area contributed by atoms with Crippen LogP contribution in [-0.4, -0.2) is 24.7 Å². The summed E-state index contributed by atoms with van der Waals surface area (Å²) in [4.78, 5) is 0. The summed E-state index contributed by atoms with van der Waals surface area (Å²) in [6, 6.07) is 6.04. The lowest BCUT2D eigenvalue weighted by atomic mass is 9.86. The molecule has 0 spiro atoms. The number of nitrogens with two attached hydrogens (primary N) is 1. The minimum Gasteiger partial charge on any atom is -0.495 e. The molecule has 0 heterocycles. The van der Waals surface area contributed by atoms with E-state index in [0.29, 0.717) is 0 Å². The van der Waals surface area contributed by atoms with Crippen molar-refractivity contribution in [3.05, 3.63) is 23.8 Å². The van der Waals surface area contributed by atoms with Crippen molar-refractivity contribution in [2.24, 2.45) is 16.3 Å². The molecule has 0 aromatic heterocycles. The summed E-state index contributed by atoms with van der Waals surface area (Å²) in [6.07, 6.45) is 1.75. The first-order valence-electron chi connectivity index (χ1n) is 6.77. The van der Waals surface area contributed by atoms with E-state index in [1.165, 1.54) is 5.56 Å². The quantitative estimate of drug-likeness (QED) is 0.236. The van der Waals surface area contributed by atoms with Crippen molar-refractivity contribution in [2.75, 3.05) is 19.0 Å². The highest BCUT2D eigenvalue weighted by Gasteiger charge is 2.22. The van der Waals surface area contributed by atoms with Crippen LogP contribution in [0.3, 0.4) is 0 Å². The Bertz CT molecular complexity index is 470. The largest absolute Gasteiger partial charge is 0.495 e. The van der Waals surface area contributed by atoms with Gasteiger partial charge in [0.1, 0.15) is 11.6 Å². The Balaban J connectivity index is 2.51. The molecule has 1 aromatic carbocycles. The lowest BCUT2D eigenvalue weighted by Crippen LogP contribution is -2.32. The van der Waals surface area contributed by atoms with Crippen molar-refractivity contribution in [3.63, 3.8) is 0 Å². The van der Waals surface area contributed by atoms with Crippen LogP contribution in [0.1, 0.15) is 32.3 Å². The van der Waals surface area contributed by atoms with Crippen LogP contribution in [0.4, 0.5) is 5.69 Å². The molecular weight excluding hydrogens is 254 g/mol. The topological polar surface area (TPSA) is 79.9 Å². The average molecular weight is 279 g/mol. The number of aryl methyl sites for hydroxylation is 1. The van der Waals surface area contributed by atoms with Crippen LogP contribution in [0.5, 0.6) is 5.75 Å². The van der Waals surface area contributed by atoms with E-state index in [1.807, 2.05) is 32.9 Å². The molecule has 1 rings (SSSR count). The molecule has 0 fully saturated rings. The van der Waals surface area contributed by atoms with Crippen molar-refractivity contribution >= 4 is 11.5 Å². The molecule has 5 heteroatoms. The lowest BCUT2D eigenvalue weighted by Gasteiger charge is -2.22. The number of rotatable bonds is 7. The van der Waals surface area contributed by atoms with E-state index >= 15 is 0 Å². The fourth-order valence-electron chi connectivity index (χ4n) is 1.98. The molecule has 0 aliphatic rings. The molecule has 0 saturated heterocycles. The molecule has 112 valence electrons. The van der Waals surface area contributed by atoms with Crippen molar-refractivity contribution in [3.8, 4) is 5.75 Å². The van der Waals surface area contributed by atoms with Gasteiger partial charge in [-0.1, -0.05) is 25.1 Å². The van der Waals surface area contributed by atoms with Crippen LogP contribution < -0.4 is 15.8 Å². The fourth-order valence-corrected chi connectivity index (χ4v) is 1.98. The Morgan fingerprint density at radius 3 is 2.75 bits per heavy atom. The Morgan fingerprint density at radius 1 is 1.45 bits per heavy atom. The Kier molecular flexibility index (Phi) is 5.67. The predicted molar refractivity (Wildman–Crippen MR) is 82.6 cm³/mol. The number of nitrogens with one attached hydrogen (secondary N) is 1. The van der Waals surface area contributed by atoms with Gasteiger partial charge < -0.3 is 21.0 Å². The number of nitrogens with zero attached hydrogens (tertiary/aromatic N) is 1. The maximum atomic E-state index is 8.73. The lowest BCUT2D eigenvalue weighted by molar-refractivity contribution is 0.305. The van der Waals surface area contributed by atoms with Crippen molar-refractivity contribution in [1.29, 1.82) is 0 Å². The van der Waals surface area contributed by atoms with Gasteiger partial charge in [0.05, 0.1) is 12.8 Å². The van der Waals surface area contributed by atoms with Crippen molar-refractivity contribution in [2.45, 2.75) is 33.6 Å². The second-order valence-electron chi connectivity index (χ2n) is 5.60. The Labute approximate surface area is 120 Å². The number of methoxy groups -OCH3 is 1. The molecule has 0 aliphatic heterocycles. The smallest absolute Gasteiger partial charge is 0.144 e. The molecule has 1 aromatic rings. The Morgan fingerprint density at radius 2 is 2.15 bits per heavy atom. The number of amidine groups is 1. The van der Waals surface area contributed by atoms with E-state index in [4.69, 9.17) is 15.7 Å². The first-order valence-corrected chi connectivity index (χ1v) is 6.77. The molecule has 0 amide bonds. The molecule has 4 N–H and O–H groups in total. The second kappa shape index (κ2) is 7.03. The highest BCUT2D eigenvalue weighted by molar-refractivity contribution is 5.85. The molecule has 0 radical (unpaired) electrons. The maximum absolute atomic E-state index is 8.73. The summed E-state index contributed by atoms with van der Waals surface area (Å²) >= 11 is 0. The fraction of sp³-hybridized carbons (Fsp3) is 0.533. The second-order valence-corrected chi connectivity index (χ2v) is 5.60. The highest BCUT2D eigenvalue weighted by Crippen LogP contribution is 2.26. The van der Waals surface area contributed by atoms with Crippen LogP contribution in [0.15, 0.2) is 23.4 Å². The number of hydrogen-bond donors (Lipinski definition) is 3. The van der Waals surface area contributed by atoms with Gasteiger partial charge in [-0.2, -0.15) is 0 Å². The number of ether oxygens (including phenoxy) is 1. The molecule has 5 nitrogen and oxygen atoms in total. The SMILES string of the molecule is COc1ccc(C)cc1NCCCC(C)(C)C(N)=NO. The first-order chi connectivity index (χ1) is 9.40. The normalized spacial score (nSPS) is 12.3. The first kappa shape index (κ1) is 16.1. The van der Waals surface area contributed by atoms with E-state index < -0.39 is 0 Å². The molecule has 20 heavy (non-hydrogen) atoms.